The van der Waals surface area contributed by atoms with Gasteiger partial charge in [0, 0.05) is 11.1 Å². The molecule has 0 bridgehead atoms. The van der Waals surface area contributed by atoms with Gasteiger partial charge < -0.3 is 0 Å². The van der Waals surface area contributed by atoms with E-state index in [0.29, 0.717) is 11.1 Å². The average Bonchev–Trinajstić information content (AvgIpc) is 2.41. The Morgan fingerprint density at radius 1 is 0.611 bits per heavy atom. The summed E-state index contributed by atoms with van der Waals surface area (Å²) in [6, 6.07) is 17.8. The number of carbonyl (C=O) groups excluding carboxylic acids is 2. The number of hydrogen-bond donors (Lipinski definition) is 0. The molecule has 92 valence electrons. The molecule has 2 nitrogen and oxygen atoms in total. The van der Waals surface area contributed by atoms with Gasteiger partial charge in [-0.1, -0.05) is 36.4 Å². The Morgan fingerprint density at radius 3 is 1.00 bits per heavy atom. The number of halogens is 2. The van der Waals surface area contributed by atoms with E-state index in [9.17, 15) is 9.59 Å². The summed E-state index contributed by atoms with van der Waals surface area (Å²) in [5.74, 6) is 0. The molecule has 0 aliphatic carbocycles. The lowest BCUT2D eigenvalue weighted by Gasteiger charge is -1.94. The van der Waals surface area contributed by atoms with Crippen LogP contribution >= 0.6 is 23.2 Å². The van der Waals surface area contributed by atoms with E-state index in [-0.39, 0.29) is 0 Å². The molecule has 0 N–H and O–H groups in total. The summed E-state index contributed by atoms with van der Waals surface area (Å²) in [5, 5.41) is -1.10. The lowest BCUT2D eigenvalue weighted by atomic mass is 10.2. The molecule has 0 aromatic heterocycles. The Hall–Kier alpha value is -1.64. The molecule has 18 heavy (non-hydrogen) atoms. The molecular formula is C14H10Cl2O2. The molecule has 0 saturated heterocycles. The zero-order valence-electron chi connectivity index (χ0n) is 9.35. The second-order valence-corrected chi connectivity index (χ2v) is 3.97. The van der Waals surface area contributed by atoms with Crippen LogP contribution in [-0.2, 0) is 0 Å². The smallest absolute Gasteiger partial charge is 0.252 e. The summed E-state index contributed by atoms with van der Waals surface area (Å²) in [6.45, 7) is 0. The fraction of sp³-hybridized carbons (Fsp3) is 0. The molecule has 0 unspecified atom stereocenters. The zero-order valence-corrected chi connectivity index (χ0v) is 10.9. The van der Waals surface area contributed by atoms with Gasteiger partial charge in [0.25, 0.3) is 10.5 Å². The average molecular weight is 281 g/mol. The molecule has 2 rings (SSSR count). The van der Waals surface area contributed by atoms with Crippen LogP contribution in [0.25, 0.3) is 0 Å². The fourth-order valence-corrected chi connectivity index (χ4v) is 1.37. The third kappa shape index (κ3) is 5.13. The maximum absolute atomic E-state index is 10.6. The predicted octanol–water partition coefficient (Wildman–Crippen LogP) is 4.13. The minimum absolute atomic E-state index is 0.346. The molecule has 0 heterocycles. The first-order chi connectivity index (χ1) is 8.61. The molecule has 0 aliphatic rings. The van der Waals surface area contributed by atoms with E-state index in [1.165, 1.54) is 24.3 Å². The van der Waals surface area contributed by atoms with Gasteiger partial charge in [0.1, 0.15) is 0 Å². The lowest BCUT2D eigenvalue weighted by molar-refractivity contribution is 0.107. The highest BCUT2D eigenvalue weighted by molar-refractivity contribution is 6.68. The summed E-state index contributed by atoms with van der Waals surface area (Å²) in [7, 11) is 0. The van der Waals surface area contributed by atoms with Gasteiger partial charge >= 0.3 is 0 Å². The quantitative estimate of drug-likeness (QED) is 0.775. The maximum Gasteiger partial charge on any atom is 0.252 e. The van der Waals surface area contributed by atoms with Crippen molar-refractivity contribution in [1.29, 1.82) is 0 Å². The summed E-state index contributed by atoms with van der Waals surface area (Å²) in [5.41, 5.74) is 0.691. The minimum atomic E-state index is -0.552. The Balaban J connectivity index is 0.000000225. The zero-order chi connectivity index (χ0) is 13.4. The van der Waals surface area contributed by atoms with Crippen LogP contribution in [0.15, 0.2) is 60.7 Å². The molecule has 0 fully saturated rings. The van der Waals surface area contributed by atoms with Crippen molar-refractivity contribution < 1.29 is 9.59 Å². The van der Waals surface area contributed by atoms with E-state index in [0.717, 1.165) is 0 Å². The fourth-order valence-electron chi connectivity index (χ4n) is 1.12. The molecule has 4 heteroatoms. The van der Waals surface area contributed by atoms with E-state index in [2.05, 4.69) is 0 Å². The van der Waals surface area contributed by atoms with Gasteiger partial charge in [-0.3, -0.25) is 9.59 Å². The van der Waals surface area contributed by atoms with Crippen molar-refractivity contribution >= 4 is 33.7 Å². The monoisotopic (exact) mass is 280 g/mol. The largest absolute Gasteiger partial charge is 0.276 e. The number of rotatable bonds is 2. The second kappa shape index (κ2) is 7.64. The van der Waals surface area contributed by atoms with E-state index >= 15 is 0 Å². The first-order valence-corrected chi connectivity index (χ1v) is 5.86. The predicted molar refractivity (Wildman–Crippen MR) is 73.3 cm³/mol. The van der Waals surface area contributed by atoms with Crippen molar-refractivity contribution in [2.75, 3.05) is 0 Å². The van der Waals surface area contributed by atoms with E-state index in [4.69, 9.17) is 23.2 Å². The molecule has 0 amide bonds. The van der Waals surface area contributed by atoms with Crippen molar-refractivity contribution in [3.63, 3.8) is 0 Å². The topological polar surface area (TPSA) is 34.1 Å². The molecule has 0 radical (unpaired) electrons. The van der Waals surface area contributed by atoms with Crippen LogP contribution in [-0.4, -0.2) is 10.5 Å². The summed E-state index contributed by atoms with van der Waals surface area (Å²) in [4.78, 5) is 21.1. The SMILES string of the molecule is O=C(Cl)c1ccc(C(=O)Cl)cc1.c1ccccc1. The Kier molecular flexibility index (Phi) is 6.12. The Bertz CT molecular complexity index is 447. The standard InChI is InChI=1S/C8H4Cl2O2.C6H6/c9-7(11)5-1-2-6(4-3-5)8(10)12;1-2-4-6-5-3-1/h1-4H;1-6H. The van der Waals surface area contributed by atoms with Gasteiger partial charge in [-0.15, -0.1) is 0 Å². The lowest BCUT2D eigenvalue weighted by Crippen LogP contribution is -1.92. The maximum atomic E-state index is 10.6. The highest BCUT2D eigenvalue weighted by atomic mass is 35.5. The molecule has 0 aliphatic heterocycles. The van der Waals surface area contributed by atoms with E-state index in [1.807, 2.05) is 36.4 Å². The first-order valence-electron chi connectivity index (χ1n) is 5.11. The normalized spacial score (nSPS) is 9.00. The summed E-state index contributed by atoms with van der Waals surface area (Å²) >= 11 is 10.4. The Labute approximate surface area is 115 Å². The van der Waals surface area contributed by atoms with Crippen LogP contribution in [0.2, 0.25) is 0 Å². The molecule has 0 atom stereocenters. The van der Waals surface area contributed by atoms with Crippen LogP contribution in [0, 0.1) is 0 Å². The van der Waals surface area contributed by atoms with Crippen molar-refractivity contribution in [3.05, 3.63) is 71.8 Å². The molecule has 0 spiro atoms. The van der Waals surface area contributed by atoms with Crippen molar-refractivity contribution in [3.8, 4) is 0 Å². The molecular weight excluding hydrogens is 271 g/mol. The molecule has 2 aromatic rings. The van der Waals surface area contributed by atoms with Gasteiger partial charge in [0.2, 0.25) is 0 Å². The van der Waals surface area contributed by atoms with Gasteiger partial charge in [-0.05, 0) is 47.5 Å². The van der Waals surface area contributed by atoms with Gasteiger partial charge in [0.15, 0.2) is 0 Å². The van der Waals surface area contributed by atoms with Crippen molar-refractivity contribution in [2.24, 2.45) is 0 Å². The van der Waals surface area contributed by atoms with Gasteiger partial charge in [0.05, 0.1) is 0 Å². The van der Waals surface area contributed by atoms with Crippen LogP contribution in [0.5, 0.6) is 0 Å². The highest BCUT2D eigenvalue weighted by Gasteiger charge is 2.03. The summed E-state index contributed by atoms with van der Waals surface area (Å²) in [6.07, 6.45) is 0. The summed E-state index contributed by atoms with van der Waals surface area (Å²) < 4.78 is 0. The Morgan fingerprint density at radius 2 is 0.833 bits per heavy atom. The van der Waals surface area contributed by atoms with Crippen molar-refractivity contribution in [2.45, 2.75) is 0 Å². The molecule has 0 saturated carbocycles. The number of hydrogen-bond acceptors (Lipinski definition) is 2. The molecule has 2 aromatic carbocycles. The van der Waals surface area contributed by atoms with Crippen molar-refractivity contribution in [1.82, 2.24) is 0 Å². The number of carbonyl (C=O) groups is 2. The van der Waals surface area contributed by atoms with Gasteiger partial charge in [-0.25, -0.2) is 0 Å². The highest BCUT2D eigenvalue weighted by Crippen LogP contribution is 2.08. The minimum Gasteiger partial charge on any atom is -0.276 e. The number of benzene rings is 2. The van der Waals surface area contributed by atoms with E-state index in [1.54, 1.807) is 0 Å². The third-order valence-corrected chi connectivity index (χ3v) is 2.44. The van der Waals surface area contributed by atoms with Crippen LogP contribution in [0.1, 0.15) is 20.7 Å². The van der Waals surface area contributed by atoms with Crippen LogP contribution in [0.4, 0.5) is 0 Å². The van der Waals surface area contributed by atoms with Gasteiger partial charge in [-0.2, -0.15) is 0 Å². The third-order valence-electron chi connectivity index (χ3n) is 2.01. The second-order valence-electron chi connectivity index (χ2n) is 3.28. The van der Waals surface area contributed by atoms with Crippen LogP contribution < -0.4 is 0 Å². The van der Waals surface area contributed by atoms with E-state index < -0.39 is 10.5 Å². The first kappa shape index (κ1) is 14.4. The van der Waals surface area contributed by atoms with Crippen LogP contribution in [0.3, 0.4) is 0 Å².